The molecule has 5 heteroatoms. The lowest BCUT2D eigenvalue weighted by molar-refractivity contribution is -0.138. The van der Waals surface area contributed by atoms with Gasteiger partial charge in [0.25, 0.3) is 0 Å². The number of carbonyl (C=O) groups excluding carboxylic acids is 2. The number of amides is 1. The summed E-state index contributed by atoms with van der Waals surface area (Å²) in [5.74, 6) is -0.992. The van der Waals surface area contributed by atoms with Gasteiger partial charge in [0.2, 0.25) is 5.91 Å². The summed E-state index contributed by atoms with van der Waals surface area (Å²) in [6.45, 7) is 2.36. The third-order valence-electron chi connectivity index (χ3n) is 3.69. The topological polar surface area (TPSA) is 55.4 Å². The van der Waals surface area contributed by atoms with Crippen LogP contribution in [-0.4, -0.2) is 25.0 Å². The summed E-state index contributed by atoms with van der Waals surface area (Å²) >= 11 is 0. The molecule has 2 aromatic carbocycles. The maximum absolute atomic E-state index is 13.0. The monoisotopic (exact) mass is 355 g/mol. The van der Waals surface area contributed by atoms with Crippen LogP contribution in [-0.2, 0) is 20.7 Å². The van der Waals surface area contributed by atoms with Gasteiger partial charge < -0.3 is 10.1 Å². The summed E-state index contributed by atoms with van der Waals surface area (Å²) in [5.41, 5.74) is 2.87. The molecule has 0 saturated heterocycles. The third-order valence-corrected chi connectivity index (χ3v) is 3.69. The minimum atomic E-state index is -0.539. The highest BCUT2D eigenvalue weighted by atomic mass is 19.1. The first-order valence-corrected chi connectivity index (χ1v) is 8.45. The molecule has 0 heterocycles. The molecule has 0 unspecified atom stereocenters. The molecule has 0 bridgehead atoms. The summed E-state index contributed by atoms with van der Waals surface area (Å²) in [6, 6.07) is 13.9. The van der Waals surface area contributed by atoms with Gasteiger partial charge in [0, 0.05) is 12.5 Å². The van der Waals surface area contributed by atoms with Gasteiger partial charge in [-0.05, 0) is 42.7 Å². The Balaban J connectivity index is 1.61. The van der Waals surface area contributed by atoms with Gasteiger partial charge >= 0.3 is 5.97 Å². The van der Waals surface area contributed by atoms with E-state index in [0.29, 0.717) is 18.4 Å². The van der Waals surface area contributed by atoms with Gasteiger partial charge in [-0.25, -0.2) is 9.18 Å². The molecule has 0 spiro atoms. The van der Waals surface area contributed by atoms with E-state index < -0.39 is 5.97 Å². The highest BCUT2D eigenvalue weighted by molar-refractivity contribution is 5.87. The zero-order valence-corrected chi connectivity index (χ0v) is 14.7. The second kappa shape index (κ2) is 10.1. The molecule has 1 amide bonds. The molecule has 1 N–H and O–H groups in total. The Bertz CT molecular complexity index is 769. The first kappa shape index (κ1) is 19.4. The number of halogens is 1. The Hall–Kier alpha value is -2.95. The van der Waals surface area contributed by atoms with Crippen LogP contribution in [0.5, 0.6) is 0 Å². The van der Waals surface area contributed by atoms with Crippen molar-refractivity contribution in [1.82, 2.24) is 5.32 Å². The van der Waals surface area contributed by atoms with Gasteiger partial charge in [0.05, 0.1) is 6.54 Å². The number of ether oxygens (including phenoxy) is 1. The molecule has 0 atom stereocenters. The Kier molecular flexibility index (Phi) is 7.55. The van der Waals surface area contributed by atoms with Crippen molar-refractivity contribution in [3.05, 3.63) is 77.1 Å². The van der Waals surface area contributed by atoms with E-state index >= 15 is 0 Å². The first-order valence-electron chi connectivity index (χ1n) is 8.45. The number of carbonyl (C=O) groups is 2. The van der Waals surface area contributed by atoms with Crippen LogP contribution in [0.4, 0.5) is 4.39 Å². The van der Waals surface area contributed by atoms with E-state index in [1.54, 1.807) is 12.1 Å². The van der Waals surface area contributed by atoms with Crippen LogP contribution >= 0.6 is 0 Å². The Labute approximate surface area is 152 Å². The van der Waals surface area contributed by atoms with Crippen molar-refractivity contribution in [1.29, 1.82) is 0 Å². The van der Waals surface area contributed by atoms with Crippen molar-refractivity contribution in [3.8, 4) is 0 Å². The van der Waals surface area contributed by atoms with Crippen molar-refractivity contribution in [2.45, 2.75) is 19.8 Å². The fourth-order valence-electron chi connectivity index (χ4n) is 2.27. The number of hydrogen-bond acceptors (Lipinski definition) is 3. The molecular weight excluding hydrogens is 333 g/mol. The third kappa shape index (κ3) is 7.30. The lowest BCUT2D eigenvalue weighted by Gasteiger charge is -2.06. The second-order valence-electron chi connectivity index (χ2n) is 5.89. The molecule has 0 aliphatic heterocycles. The zero-order chi connectivity index (χ0) is 18.8. The molecule has 2 aromatic rings. The number of hydrogen-bond donors (Lipinski definition) is 1. The van der Waals surface area contributed by atoms with Crippen LogP contribution < -0.4 is 5.32 Å². The van der Waals surface area contributed by atoms with Gasteiger partial charge in [-0.15, -0.1) is 0 Å². The van der Waals surface area contributed by atoms with Gasteiger partial charge in [0.1, 0.15) is 12.4 Å². The SMILES string of the molecule is Cc1ccc(CCC(=O)NCCOC(=O)C=Cc2cccc(F)c2)cc1. The molecule has 0 aromatic heterocycles. The van der Waals surface area contributed by atoms with Crippen LogP contribution in [0.2, 0.25) is 0 Å². The predicted molar refractivity (Wildman–Crippen MR) is 98.9 cm³/mol. The molecule has 0 aliphatic rings. The first-order chi connectivity index (χ1) is 12.5. The van der Waals surface area contributed by atoms with E-state index in [9.17, 15) is 14.0 Å². The average molecular weight is 355 g/mol. The van der Waals surface area contributed by atoms with Crippen molar-refractivity contribution in [2.24, 2.45) is 0 Å². The fourth-order valence-corrected chi connectivity index (χ4v) is 2.27. The normalized spacial score (nSPS) is 10.7. The van der Waals surface area contributed by atoms with E-state index in [1.165, 1.54) is 29.8 Å². The van der Waals surface area contributed by atoms with Crippen LogP contribution in [0.1, 0.15) is 23.1 Å². The van der Waals surface area contributed by atoms with E-state index in [4.69, 9.17) is 4.74 Å². The molecule has 136 valence electrons. The summed E-state index contributed by atoms with van der Waals surface area (Å²) < 4.78 is 18.0. The lowest BCUT2D eigenvalue weighted by Crippen LogP contribution is -2.28. The van der Waals surface area contributed by atoms with E-state index in [2.05, 4.69) is 5.32 Å². The number of nitrogens with one attached hydrogen (secondary N) is 1. The van der Waals surface area contributed by atoms with Crippen LogP contribution in [0.15, 0.2) is 54.6 Å². The number of benzene rings is 2. The van der Waals surface area contributed by atoms with Gasteiger partial charge in [-0.3, -0.25) is 4.79 Å². The van der Waals surface area contributed by atoms with E-state index in [0.717, 1.165) is 5.56 Å². The van der Waals surface area contributed by atoms with Gasteiger partial charge in [0.15, 0.2) is 0 Å². The van der Waals surface area contributed by atoms with Crippen molar-refractivity contribution in [2.75, 3.05) is 13.2 Å². The van der Waals surface area contributed by atoms with Crippen molar-refractivity contribution >= 4 is 18.0 Å². The Morgan fingerprint density at radius 3 is 2.65 bits per heavy atom. The molecular formula is C21H22FNO3. The lowest BCUT2D eigenvalue weighted by atomic mass is 10.1. The fraction of sp³-hybridized carbons (Fsp3) is 0.238. The zero-order valence-electron chi connectivity index (χ0n) is 14.7. The highest BCUT2D eigenvalue weighted by Gasteiger charge is 2.03. The molecule has 4 nitrogen and oxygen atoms in total. The highest BCUT2D eigenvalue weighted by Crippen LogP contribution is 2.06. The number of rotatable bonds is 8. The molecule has 2 rings (SSSR count). The van der Waals surface area contributed by atoms with Gasteiger partial charge in [-0.1, -0.05) is 42.0 Å². The Morgan fingerprint density at radius 1 is 1.15 bits per heavy atom. The molecule has 26 heavy (non-hydrogen) atoms. The standard InChI is InChI=1S/C21H22FNO3/c1-16-5-7-17(8-6-16)9-11-20(24)23-13-14-26-21(25)12-10-18-3-2-4-19(22)15-18/h2-8,10,12,15H,9,11,13-14H2,1H3,(H,23,24). The average Bonchev–Trinajstić information content (AvgIpc) is 2.63. The second-order valence-corrected chi connectivity index (χ2v) is 5.89. The summed E-state index contributed by atoms with van der Waals surface area (Å²) in [4.78, 5) is 23.3. The maximum Gasteiger partial charge on any atom is 0.330 e. The maximum atomic E-state index is 13.0. The minimum absolute atomic E-state index is 0.0859. The molecule has 0 aliphatic carbocycles. The summed E-state index contributed by atoms with van der Waals surface area (Å²) in [7, 11) is 0. The number of aryl methyl sites for hydroxylation is 2. The summed E-state index contributed by atoms with van der Waals surface area (Å²) in [6.07, 6.45) is 3.76. The quantitative estimate of drug-likeness (QED) is 0.448. The number of esters is 1. The van der Waals surface area contributed by atoms with Crippen molar-refractivity contribution < 1.29 is 18.7 Å². The van der Waals surface area contributed by atoms with Gasteiger partial charge in [-0.2, -0.15) is 0 Å². The van der Waals surface area contributed by atoms with Crippen LogP contribution in [0.3, 0.4) is 0 Å². The minimum Gasteiger partial charge on any atom is -0.461 e. The smallest absolute Gasteiger partial charge is 0.330 e. The van der Waals surface area contributed by atoms with Crippen molar-refractivity contribution in [3.63, 3.8) is 0 Å². The van der Waals surface area contributed by atoms with Crippen LogP contribution in [0.25, 0.3) is 6.08 Å². The molecule has 0 fully saturated rings. The molecule has 0 saturated carbocycles. The largest absolute Gasteiger partial charge is 0.461 e. The van der Waals surface area contributed by atoms with E-state index in [-0.39, 0.29) is 24.9 Å². The van der Waals surface area contributed by atoms with E-state index in [1.807, 2.05) is 31.2 Å². The molecule has 0 radical (unpaired) electrons. The predicted octanol–water partition coefficient (Wildman–Crippen LogP) is 3.44. The Morgan fingerprint density at radius 2 is 1.92 bits per heavy atom. The van der Waals surface area contributed by atoms with Crippen LogP contribution in [0, 0.1) is 12.7 Å². The summed E-state index contributed by atoms with van der Waals surface area (Å²) in [5, 5.41) is 2.71.